The van der Waals surface area contributed by atoms with Crippen LogP contribution >= 0.6 is 0 Å². The minimum Gasteiger partial charge on any atom is -0.377 e. The summed E-state index contributed by atoms with van der Waals surface area (Å²) in [5.41, 5.74) is 0. The lowest BCUT2D eigenvalue weighted by molar-refractivity contribution is 0.0349. The molecule has 3 nitrogen and oxygen atoms in total. The van der Waals surface area contributed by atoms with Gasteiger partial charge in [-0.3, -0.25) is 0 Å². The zero-order valence-electron chi connectivity index (χ0n) is 8.64. The number of nitrogens with one attached hydrogen (secondary N) is 2. The van der Waals surface area contributed by atoms with Crippen molar-refractivity contribution in [2.45, 2.75) is 32.3 Å². The van der Waals surface area contributed by atoms with Crippen LogP contribution in [0.5, 0.6) is 0 Å². The van der Waals surface area contributed by atoms with Gasteiger partial charge in [-0.1, -0.05) is 6.92 Å². The van der Waals surface area contributed by atoms with E-state index in [0.29, 0.717) is 6.10 Å². The summed E-state index contributed by atoms with van der Waals surface area (Å²) in [5, 5.41) is 6.66. The fraction of sp³-hybridized carbons (Fsp3) is 1.00. The van der Waals surface area contributed by atoms with E-state index in [9.17, 15) is 0 Å². The van der Waals surface area contributed by atoms with Crippen LogP contribution in [0.3, 0.4) is 0 Å². The summed E-state index contributed by atoms with van der Waals surface area (Å²) in [6.07, 6.45) is 4.05. The Bertz CT molecular complexity index is 113. The predicted molar refractivity (Wildman–Crippen MR) is 55.0 cm³/mol. The number of piperidine rings is 1. The number of hydrogen-bond acceptors (Lipinski definition) is 3. The lowest BCUT2D eigenvalue weighted by Crippen LogP contribution is -2.34. The first-order valence-corrected chi connectivity index (χ1v) is 5.46. The molecule has 2 N–H and O–H groups in total. The van der Waals surface area contributed by atoms with E-state index in [4.69, 9.17) is 4.74 Å². The summed E-state index contributed by atoms with van der Waals surface area (Å²) in [6, 6.07) is 0. The van der Waals surface area contributed by atoms with Crippen LogP contribution < -0.4 is 10.6 Å². The maximum absolute atomic E-state index is 5.73. The molecule has 1 aliphatic rings. The molecule has 13 heavy (non-hydrogen) atoms. The van der Waals surface area contributed by atoms with Crippen molar-refractivity contribution in [3.05, 3.63) is 0 Å². The number of rotatable bonds is 6. The summed E-state index contributed by atoms with van der Waals surface area (Å²) >= 11 is 0. The molecule has 1 heterocycles. The van der Waals surface area contributed by atoms with E-state index in [1.165, 1.54) is 19.3 Å². The molecule has 0 aromatic heterocycles. The summed E-state index contributed by atoms with van der Waals surface area (Å²) in [6.45, 7) is 7.39. The van der Waals surface area contributed by atoms with Gasteiger partial charge in [-0.2, -0.15) is 0 Å². The molecular weight excluding hydrogens is 164 g/mol. The second kappa shape index (κ2) is 7.30. The van der Waals surface area contributed by atoms with Crippen LogP contribution in [0.1, 0.15) is 26.2 Å². The Morgan fingerprint density at radius 3 is 2.77 bits per heavy atom. The van der Waals surface area contributed by atoms with Gasteiger partial charge in [0.05, 0.1) is 12.7 Å². The Labute approximate surface area is 81.2 Å². The minimum atomic E-state index is 0.504. The van der Waals surface area contributed by atoms with Crippen LogP contribution in [-0.2, 0) is 4.74 Å². The van der Waals surface area contributed by atoms with Crippen molar-refractivity contribution in [2.24, 2.45) is 0 Å². The smallest absolute Gasteiger partial charge is 0.0600 e. The highest BCUT2D eigenvalue weighted by Crippen LogP contribution is 2.05. The van der Waals surface area contributed by atoms with Gasteiger partial charge in [0.2, 0.25) is 0 Å². The van der Waals surface area contributed by atoms with Crippen LogP contribution in [0.25, 0.3) is 0 Å². The third-order valence-electron chi connectivity index (χ3n) is 2.35. The molecule has 1 aliphatic heterocycles. The van der Waals surface area contributed by atoms with E-state index >= 15 is 0 Å². The standard InChI is InChI=1S/C10H22N2O/c1-2-5-11-8-9-13-10-3-6-12-7-4-10/h10-12H,2-9H2,1H3. The molecule has 1 fully saturated rings. The molecule has 78 valence electrons. The average molecular weight is 186 g/mol. The average Bonchev–Trinajstić information content (AvgIpc) is 2.19. The van der Waals surface area contributed by atoms with Crippen molar-refractivity contribution in [2.75, 3.05) is 32.8 Å². The number of hydrogen-bond donors (Lipinski definition) is 2. The van der Waals surface area contributed by atoms with E-state index in [1.54, 1.807) is 0 Å². The van der Waals surface area contributed by atoms with E-state index in [-0.39, 0.29) is 0 Å². The molecule has 0 radical (unpaired) electrons. The van der Waals surface area contributed by atoms with Gasteiger partial charge in [-0.15, -0.1) is 0 Å². The van der Waals surface area contributed by atoms with E-state index in [1.807, 2.05) is 0 Å². The summed E-state index contributed by atoms with van der Waals surface area (Å²) < 4.78 is 5.73. The zero-order chi connectivity index (χ0) is 9.36. The quantitative estimate of drug-likeness (QED) is 0.601. The summed E-state index contributed by atoms with van der Waals surface area (Å²) in [7, 11) is 0. The van der Waals surface area contributed by atoms with Crippen molar-refractivity contribution in [1.29, 1.82) is 0 Å². The molecule has 0 atom stereocenters. The first kappa shape index (κ1) is 11.0. The molecule has 0 saturated carbocycles. The first-order chi connectivity index (χ1) is 6.43. The largest absolute Gasteiger partial charge is 0.377 e. The maximum Gasteiger partial charge on any atom is 0.0600 e. The predicted octanol–water partition coefficient (Wildman–Crippen LogP) is 0.755. The van der Waals surface area contributed by atoms with Crippen molar-refractivity contribution >= 4 is 0 Å². The van der Waals surface area contributed by atoms with Gasteiger partial charge >= 0.3 is 0 Å². The molecule has 0 aliphatic carbocycles. The van der Waals surface area contributed by atoms with Gasteiger partial charge in [0.15, 0.2) is 0 Å². The fourth-order valence-corrected chi connectivity index (χ4v) is 1.56. The minimum absolute atomic E-state index is 0.504. The Hall–Kier alpha value is -0.120. The Kier molecular flexibility index (Phi) is 6.15. The van der Waals surface area contributed by atoms with Crippen molar-refractivity contribution < 1.29 is 4.74 Å². The van der Waals surface area contributed by atoms with Crippen LogP contribution in [0.15, 0.2) is 0 Å². The molecule has 1 rings (SSSR count). The van der Waals surface area contributed by atoms with Gasteiger partial charge < -0.3 is 15.4 Å². The molecule has 0 amide bonds. The summed E-state index contributed by atoms with van der Waals surface area (Å²) in [5.74, 6) is 0. The van der Waals surface area contributed by atoms with E-state index in [2.05, 4.69) is 17.6 Å². The Balaban J connectivity index is 1.86. The first-order valence-electron chi connectivity index (χ1n) is 5.46. The van der Waals surface area contributed by atoms with E-state index in [0.717, 1.165) is 32.8 Å². The molecular formula is C10H22N2O. The highest BCUT2D eigenvalue weighted by Gasteiger charge is 2.12. The summed E-state index contributed by atoms with van der Waals surface area (Å²) in [4.78, 5) is 0. The van der Waals surface area contributed by atoms with Gasteiger partial charge in [-0.25, -0.2) is 0 Å². The molecule has 0 aromatic carbocycles. The van der Waals surface area contributed by atoms with Crippen LogP contribution in [0.4, 0.5) is 0 Å². The molecule has 1 saturated heterocycles. The Morgan fingerprint density at radius 2 is 2.08 bits per heavy atom. The molecule has 3 heteroatoms. The number of ether oxygens (including phenoxy) is 1. The molecule has 0 bridgehead atoms. The third kappa shape index (κ3) is 5.24. The van der Waals surface area contributed by atoms with Crippen molar-refractivity contribution in [1.82, 2.24) is 10.6 Å². The van der Waals surface area contributed by atoms with Gasteiger partial charge in [0.25, 0.3) is 0 Å². The topological polar surface area (TPSA) is 33.3 Å². The van der Waals surface area contributed by atoms with Gasteiger partial charge in [0.1, 0.15) is 0 Å². The lowest BCUT2D eigenvalue weighted by atomic mass is 10.1. The van der Waals surface area contributed by atoms with Crippen molar-refractivity contribution in [3.8, 4) is 0 Å². The maximum atomic E-state index is 5.73. The second-order valence-corrected chi connectivity index (χ2v) is 3.57. The molecule has 0 aromatic rings. The molecule has 0 spiro atoms. The fourth-order valence-electron chi connectivity index (χ4n) is 1.56. The van der Waals surface area contributed by atoms with Crippen molar-refractivity contribution in [3.63, 3.8) is 0 Å². The second-order valence-electron chi connectivity index (χ2n) is 3.57. The highest BCUT2D eigenvalue weighted by atomic mass is 16.5. The normalized spacial score (nSPS) is 19.2. The zero-order valence-corrected chi connectivity index (χ0v) is 8.64. The van der Waals surface area contributed by atoms with Crippen LogP contribution in [0.2, 0.25) is 0 Å². The monoisotopic (exact) mass is 186 g/mol. The van der Waals surface area contributed by atoms with E-state index < -0.39 is 0 Å². The van der Waals surface area contributed by atoms with Gasteiger partial charge in [0, 0.05) is 6.54 Å². The SMILES string of the molecule is CCCNCCOC1CCNCC1. The highest BCUT2D eigenvalue weighted by molar-refractivity contribution is 4.68. The molecule has 0 unspecified atom stereocenters. The van der Waals surface area contributed by atoms with Gasteiger partial charge in [-0.05, 0) is 38.9 Å². The lowest BCUT2D eigenvalue weighted by Gasteiger charge is -2.22. The third-order valence-corrected chi connectivity index (χ3v) is 2.35. The van der Waals surface area contributed by atoms with Crippen LogP contribution in [0, 0.1) is 0 Å². The Morgan fingerprint density at radius 1 is 1.31 bits per heavy atom. The van der Waals surface area contributed by atoms with Crippen LogP contribution in [-0.4, -0.2) is 38.9 Å².